The van der Waals surface area contributed by atoms with Gasteiger partial charge in [0.1, 0.15) is 0 Å². The Kier molecular flexibility index (Phi) is 2.84. The third-order valence-corrected chi connectivity index (χ3v) is 2.62. The predicted octanol–water partition coefficient (Wildman–Crippen LogP) is 0.343. The quantitative estimate of drug-likeness (QED) is 0.735. The first-order chi connectivity index (χ1) is 6.79. The molecule has 0 aromatic carbocycles. The van der Waals surface area contributed by atoms with Crippen molar-refractivity contribution in [3.05, 3.63) is 18.0 Å². The van der Waals surface area contributed by atoms with Gasteiger partial charge in [-0.3, -0.25) is 9.58 Å². The summed E-state index contributed by atoms with van der Waals surface area (Å²) in [5.41, 5.74) is 6.88. The minimum Gasteiger partial charge on any atom is -0.329 e. The van der Waals surface area contributed by atoms with Gasteiger partial charge in [-0.15, -0.1) is 0 Å². The number of aryl methyl sites for hydroxylation is 1. The van der Waals surface area contributed by atoms with Crippen LogP contribution in [0.2, 0.25) is 0 Å². The van der Waals surface area contributed by atoms with Gasteiger partial charge in [0.2, 0.25) is 0 Å². The van der Waals surface area contributed by atoms with Crippen LogP contribution in [0.1, 0.15) is 18.4 Å². The molecule has 14 heavy (non-hydrogen) atoms. The van der Waals surface area contributed by atoms with Gasteiger partial charge in [0.15, 0.2) is 0 Å². The van der Waals surface area contributed by atoms with Crippen molar-refractivity contribution in [1.29, 1.82) is 0 Å². The van der Waals surface area contributed by atoms with Crippen LogP contribution in [0, 0.1) is 0 Å². The number of hydrogen-bond donors (Lipinski definition) is 1. The van der Waals surface area contributed by atoms with Crippen molar-refractivity contribution >= 4 is 0 Å². The summed E-state index contributed by atoms with van der Waals surface area (Å²) in [5, 5.41) is 4.17. The second-order valence-corrected chi connectivity index (χ2v) is 4.01. The van der Waals surface area contributed by atoms with Gasteiger partial charge >= 0.3 is 0 Å². The molecule has 0 unspecified atom stereocenters. The molecule has 4 heteroatoms. The molecule has 1 saturated carbocycles. The molecule has 1 fully saturated rings. The molecule has 1 aromatic rings. The maximum Gasteiger partial charge on any atom is 0.0534 e. The Balaban J connectivity index is 1.92. The smallest absolute Gasteiger partial charge is 0.0534 e. The highest BCUT2D eigenvalue weighted by Gasteiger charge is 2.28. The van der Waals surface area contributed by atoms with Crippen LogP contribution in [-0.2, 0) is 13.6 Å². The van der Waals surface area contributed by atoms with Crippen molar-refractivity contribution in [2.24, 2.45) is 12.8 Å². The van der Waals surface area contributed by atoms with Crippen LogP contribution < -0.4 is 5.73 Å². The lowest BCUT2D eigenvalue weighted by atomic mass is 10.3. The largest absolute Gasteiger partial charge is 0.329 e. The van der Waals surface area contributed by atoms with Crippen LogP contribution in [-0.4, -0.2) is 33.8 Å². The monoisotopic (exact) mass is 194 g/mol. The molecule has 78 valence electrons. The average Bonchev–Trinajstić information content (AvgIpc) is 2.91. The molecule has 2 N–H and O–H groups in total. The zero-order chi connectivity index (χ0) is 9.97. The lowest BCUT2D eigenvalue weighted by molar-refractivity contribution is 0.262. The molecule has 0 radical (unpaired) electrons. The fourth-order valence-electron chi connectivity index (χ4n) is 1.78. The van der Waals surface area contributed by atoms with Crippen molar-refractivity contribution in [2.45, 2.75) is 25.4 Å². The number of aromatic nitrogens is 2. The molecule has 1 aromatic heterocycles. The molecule has 4 nitrogen and oxygen atoms in total. The fourth-order valence-corrected chi connectivity index (χ4v) is 1.78. The Bertz CT molecular complexity index is 290. The molecule has 0 bridgehead atoms. The first-order valence-electron chi connectivity index (χ1n) is 5.21. The van der Waals surface area contributed by atoms with E-state index in [2.05, 4.69) is 16.2 Å². The normalized spacial score (nSPS) is 16.5. The summed E-state index contributed by atoms with van der Waals surface area (Å²) in [6, 6.07) is 0.777. The maximum atomic E-state index is 5.59. The van der Waals surface area contributed by atoms with E-state index in [0.29, 0.717) is 0 Å². The van der Waals surface area contributed by atoms with Gasteiger partial charge in [0.05, 0.1) is 6.20 Å². The Hall–Kier alpha value is -0.870. The molecule has 0 amide bonds. The molecular formula is C10H18N4. The van der Waals surface area contributed by atoms with Crippen molar-refractivity contribution in [3.8, 4) is 0 Å². The Labute approximate surface area is 84.7 Å². The molecule has 0 spiro atoms. The standard InChI is InChI=1S/C10H18N4/c1-13-7-9(6-12-13)8-14(5-4-11)10-2-3-10/h6-7,10H,2-5,8,11H2,1H3. The first kappa shape index (κ1) is 9.68. The highest BCUT2D eigenvalue weighted by molar-refractivity contribution is 5.04. The lowest BCUT2D eigenvalue weighted by Gasteiger charge is -2.19. The van der Waals surface area contributed by atoms with Gasteiger partial charge in [0.25, 0.3) is 0 Å². The molecular weight excluding hydrogens is 176 g/mol. The van der Waals surface area contributed by atoms with E-state index in [1.54, 1.807) is 0 Å². The van der Waals surface area contributed by atoms with E-state index in [4.69, 9.17) is 5.73 Å². The van der Waals surface area contributed by atoms with Gasteiger partial charge in [-0.25, -0.2) is 0 Å². The van der Waals surface area contributed by atoms with Crippen molar-refractivity contribution < 1.29 is 0 Å². The molecule has 1 aliphatic rings. The van der Waals surface area contributed by atoms with Gasteiger partial charge in [-0.2, -0.15) is 5.10 Å². The highest BCUT2D eigenvalue weighted by atomic mass is 15.2. The third kappa shape index (κ3) is 2.33. The Morgan fingerprint density at radius 2 is 2.43 bits per heavy atom. The van der Waals surface area contributed by atoms with E-state index in [0.717, 1.165) is 25.7 Å². The van der Waals surface area contributed by atoms with Crippen LogP contribution in [0.5, 0.6) is 0 Å². The maximum absolute atomic E-state index is 5.59. The third-order valence-electron chi connectivity index (χ3n) is 2.62. The fraction of sp³-hybridized carbons (Fsp3) is 0.700. The summed E-state index contributed by atoms with van der Waals surface area (Å²) < 4.78 is 1.85. The summed E-state index contributed by atoms with van der Waals surface area (Å²) in [4.78, 5) is 2.46. The summed E-state index contributed by atoms with van der Waals surface area (Å²) in [6.45, 7) is 2.74. The summed E-state index contributed by atoms with van der Waals surface area (Å²) >= 11 is 0. The number of nitrogens with two attached hydrogens (primary N) is 1. The highest BCUT2D eigenvalue weighted by Crippen LogP contribution is 2.27. The Morgan fingerprint density at radius 1 is 1.64 bits per heavy atom. The van der Waals surface area contributed by atoms with Gasteiger partial charge < -0.3 is 5.73 Å². The number of nitrogens with zero attached hydrogens (tertiary/aromatic N) is 3. The number of rotatable bonds is 5. The van der Waals surface area contributed by atoms with Crippen LogP contribution in [0.25, 0.3) is 0 Å². The summed E-state index contributed by atoms with van der Waals surface area (Å²) in [6.07, 6.45) is 6.68. The van der Waals surface area contributed by atoms with Crippen LogP contribution in [0.15, 0.2) is 12.4 Å². The van der Waals surface area contributed by atoms with Gasteiger partial charge in [0, 0.05) is 44.5 Å². The molecule has 0 saturated heterocycles. The Morgan fingerprint density at radius 3 is 2.93 bits per heavy atom. The first-order valence-corrected chi connectivity index (χ1v) is 5.21. The second-order valence-electron chi connectivity index (χ2n) is 4.01. The summed E-state index contributed by atoms with van der Waals surface area (Å²) in [7, 11) is 1.95. The SMILES string of the molecule is Cn1cc(CN(CCN)C2CC2)cn1. The zero-order valence-corrected chi connectivity index (χ0v) is 8.69. The van der Waals surface area contributed by atoms with Crippen LogP contribution in [0.4, 0.5) is 0 Å². The number of hydrogen-bond acceptors (Lipinski definition) is 3. The topological polar surface area (TPSA) is 47.1 Å². The predicted molar refractivity (Wildman–Crippen MR) is 55.7 cm³/mol. The van der Waals surface area contributed by atoms with Crippen LogP contribution >= 0.6 is 0 Å². The molecule has 1 aliphatic carbocycles. The molecule has 1 heterocycles. The minimum atomic E-state index is 0.747. The van der Waals surface area contributed by atoms with E-state index < -0.39 is 0 Å². The van der Waals surface area contributed by atoms with Crippen LogP contribution in [0.3, 0.4) is 0 Å². The lowest BCUT2D eigenvalue weighted by Crippen LogP contribution is -2.30. The van der Waals surface area contributed by atoms with Crippen molar-refractivity contribution in [3.63, 3.8) is 0 Å². The van der Waals surface area contributed by atoms with E-state index in [9.17, 15) is 0 Å². The average molecular weight is 194 g/mol. The van der Waals surface area contributed by atoms with E-state index in [1.165, 1.54) is 18.4 Å². The zero-order valence-electron chi connectivity index (χ0n) is 8.69. The van der Waals surface area contributed by atoms with E-state index >= 15 is 0 Å². The van der Waals surface area contributed by atoms with E-state index in [1.807, 2.05) is 17.9 Å². The molecule has 0 atom stereocenters. The van der Waals surface area contributed by atoms with E-state index in [-0.39, 0.29) is 0 Å². The molecule has 2 rings (SSSR count). The second kappa shape index (κ2) is 4.11. The minimum absolute atomic E-state index is 0.747. The van der Waals surface area contributed by atoms with Gasteiger partial charge in [-0.1, -0.05) is 0 Å². The van der Waals surface area contributed by atoms with Gasteiger partial charge in [-0.05, 0) is 12.8 Å². The summed E-state index contributed by atoms with van der Waals surface area (Å²) in [5.74, 6) is 0. The van der Waals surface area contributed by atoms with Crippen molar-refractivity contribution in [2.75, 3.05) is 13.1 Å². The molecule has 0 aliphatic heterocycles. The van der Waals surface area contributed by atoms with Crippen molar-refractivity contribution in [1.82, 2.24) is 14.7 Å².